The van der Waals surface area contributed by atoms with E-state index >= 15 is 0 Å². The fourth-order valence-corrected chi connectivity index (χ4v) is 3.59. The highest BCUT2D eigenvalue weighted by atomic mass is 127. The van der Waals surface area contributed by atoms with Crippen molar-refractivity contribution in [3.8, 4) is 5.75 Å². The van der Waals surface area contributed by atoms with E-state index in [1.807, 2.05) is 12.1 Å². The summed E-state index contributed by atoms with van der Waals surface area (Å²) in [6, 6.07) is 12.5. The largest absolute Gasteiger partial charge is 0.497 e. The molecular weight excluding hydrogens is 481 g/mol. The number of nitrogens with one attached hydrogen (secondary N) is 2. The maximum atomic E-state index is 9.39. The van der Waals surface area contributed by atoms with Crippen molar-refractivity contribution in [2.45, 2.75) is 26.3 Å². The van der Waals surface area contributed by atoms with Crippen molar-refractivity contribution in [3.63, 3.8) is 0 Å². The Morgan fingerprint density at radius 2 is 2.00 bits per heavy atom. The summed E-state index contributed by atoms with van der Waals surface area (Å²) >= 11 is 0. The number of rotatable bonds is 8. The van der Waals surface area contributed by atoms with Crippen molar-refractivity contribution in [3.05, 3.63) is 42.0 Å². The molecule has 1 saturated heterocycles. The third-order valence-electron chi connectivity index (χ3n) is 5.33. The first-order valence-electron chi connectivity index (χ1n) is 9.95. The Morgan fingerprint density at radius 1 is 1.21 bits per heavy atom. The maximum Gasteiger partial charge on any atom is 0.191 e. The molecule has 1 aliphatic heterocycles. The number of ether oxygens (including phenoxy) is 2. The lowest BCUT2D eigenvalue weighted by atomic mass is 9.84. The lowest BCUT2D eigenvalue weighted by Gasteiger charge is -2.27. The number of hydrogen-bond acceptors (Lipinski definition) is 4. The van der Waals surface area contributed by atoms with Crippen LogP contribution in [0.25, 0.3) is 10.8 Å². The third-order valence-corrected chi connectivity index (χ3v) is 5.33. The molecule has 1 heterocycles. The van der Waals surface area contributed by atoms with E-state index in [0.717, 1.165) is 55.2 Å². The molecule has 3 rings (SSSR count). The topological polar surface area (TPSA) is 75.1 Å². The van der Waals surface area contributed by atoms with Gasteiger partial charge in [-0.1, -0.05) is 18.2 Å². The lowest BCUT2D eigenvalue weighted by Crippen LogP contribution is -2.44. The molecule has 2 aromatic carbocycles. The van der Waals surface area contributed by atoms with Crippen molar-refractivity contribution in [2.75, 3.05) is 40.0 Å². The number of aliphatic imine (C=N–C) groups is 1. The van der Waals surface area contributed by atoms with Crippen molar-refractivity contribution in [2.24, 2.45) is 10.4 Å². The van der Waals surface area contributed by atoms with E-state index in [1.54, 1.807) is 7.11 Å². The summed E-state index contributed by atoms with van der Waals surface area (Å²) < 4.78 is 10.9. The van der Waals surface area contributed by atoms with Crippen molar-refractivity contribution in [1.82, 2.24) is 10.6 Å². The van der Waals surface area contributed by atoms with E-state index in [9.17, 15) is 5.11 Å². The van der Waals surface area contributed by atoms with Gasteiger partial charge in [0.1, 0.15) is 5.75 Å². The molecule has 0 amide bonds. The molecule has 0 aliphatic carbocycles. The maximum absolute atomic E-state index is 9.39. The second-order valence-corrected chi connectivity index (χ2v) is 7.37. The Hall–Kier alpha value is -1.58. The molecule has 0 aromatic heterocycles. The first-order valence-corrected chi connectivity index (χ1v) is 9.95. The monoisotopic (exact) mass is 513 g/mol. The van der Waals surface area contributed by atoms with E-state index in [0.29, 0.717) is 13.2 Å². The minimum absolute atomic E-state index is 0. The molecule has 6 nitrogen and oxygen atoms in total. The van der Waals surface area contributed by atoms with Gasteiger partial charge in [-0.05, 0) is 54.3 Å². The predicted octanol–water partition coefficient (Wildman–Crippen LogP) is 3.31. The van der Waals surface area contributed by atoms with Gasteiger partial charge in [0.05, 0.1) is 20.3 Å². The first kappa shape index (κ1) is 23.7. The Balaban J connectivity index is 0.00000300. The van der Waals surface area contributed by atoms with Gasteiger partial charge in [0.2, 0.25) is 0 Å². The molecule has 29 heavy (non-hydrogen) atoms. The summed E-state index contributed by atoms with van der Waals surface area (Å²) in [6.07, 6.45) is 1.71. The highest BCUT2D eigenvalue weighted by Gasteiger charge is 2.34. The fourth-order valence-electron chi connectivity index (χ4n) is 3.59. The van der Waals surface area contributed by atoms with E-state index in [1.165, 1.54) is 5.39 Å². The standard InChI is InChI=1S/C22H31N3O3.HI/c1-3-23-21(25-15-22(8-10-26)9-11-28-16-22)24-14-17-4-5-19-13-20(27-2)7-6-18(19)12-17;/h4-7,12-13,26H,3,8-11,14-16H2,1-2H3,(H2,23,24,25);1H. The summed E-state index contributed by atoms with van der Waals surface area (Å²) in [5.74, 6) is 1.66. The Bertz CT molecular complexity index is 807. The molecule has 0 spiro atoms. The zero-order valence-corrected chi connectivity index (χ0v) is 19.6. The van der Waals surface area contributed by atoms with Crippen LogP contribution >= 0.6 is 24.0 Å². The third kappa shape index (κ3) is 6.45. The van der Waals surface area contributed by atoms with Crippen LogP contribution < -0.4 is 15.4 Å². The van der Waals surface area contributed by atoms with Gasteiger partial charge in [-0.25, -0.2) is 4.99 Å². The van der Waals surface area contributed by atoms with Gasteiger partial charge in [0.15, 0.2) is 5.96 Å². The van der Waals surface area contributed by atoms with E-state index in [4.69, 9.17) is 14.5 Å². The normalized spacial score (nSPS) is 19.1. The second kappa shape index (κ2) is 11.6. The highest BCUT2D eigenvalue weighted by molar-refractivity contribution is 14.0. The number of fused-ring (bicyclic) bond motifs is 1. The van der Waals surface area contributed by atoms with Crippen LogP contribution in [-0.2, 0) is 11.3 Å². The Morgan fingerprint density at radius 3 is 2.69 bits per heavy atom. The van der Waals surface area contributed by atoms with Crippen LogP contribution in [0.1, 0.15) is 25.3 Å². The number of methoxy groups -OCH3 is 1. The van der Waals surface area contributed by atoms with Crippen LogP contribution in [-0.4, -0.2) is 51.1 Å². The smallest absolute Gasteiger partial charge is 0.191 e. The summed E-state index contributed by atoms with van der Waals surface area (Å²) in [6.45, 7) is 5.83. The first-order chi connectivity index (χ1) is 13.7. The van der Waals surface area contributed by atoms with Gasteiger partial charge in [0, 0.05) is 31.7 Å². The molecule has 0 bridgehead atoms. The van der Waals surface area contributed by atoms with Gasteiger partial charge in [-0.3, -0.25) is 0 Å². The Kier molecular flexibility index (Phi) is 9.45. The summed E-state index contributed by atoms with van der Waals surface area (Å²) in [5.41, 5.74) is 1.15. The van der Waals surface area contributed by atoms with E-state index in [2.05, 4.69) is 41.8 Å². The summed E-state index contributed by atoms with van der Waals surface area (Å²) in [7, 11) is 1.68. The number of guanidine groups is 1. The summed E-state index contributed by atoms with van der Waals surface area (Å²) in [5, 5.41) is 18.5. The average molecular weight is 513 g/mol. The average Bonchev–Trinajstić information content (AvgIpc) is 3.18. The number of benzene rings is 2. The van der Waals surface area contributed by atoms with Crippen molar-refractivity contribution < 1.29 is 14.6 Å². The van der Waals surface area contributed by atoms with Crippen LogP contribution in [0.2, 0.25) is 0 Å². The van der Waals surface area contributed by atoms with Gasteiger partial charge in [-0.2, -0.15) is 0 Å². The Labute approximate surface area is 190 Å². The van der Waals surface area contributed by atoms with E-state index < -0.39 is 0 Å². The number of aliphatic hydroxyl groups excluding tert-OH is 1. The van der Waals surface area contributed by atoms with Gasteiger partial charge < -0.3 is 25.2 Å². The number of hydrogen-bond donors (Lipinski definition) is 3. The zero-order chi connectivity index (χ0) is 19.8. The molecule has 1 atom stereocenters. The van der Waals surface area contributed by atoms with Gasteiger partial charge in [0.25, 0.3) is 0 Å². The molecule has 1 aliphatic rings. The molecule has 2 aromatic rings. The molecular formula is C22H32IN3O3. The number of nitrogens with zero attached hydrogens (tertiary/aromatic N) is 1. The molecule has 160 valence electrons. The van der Waals surface area contributed by atoms with Crippen LogP contribution in [0.15, 0.2) is 41.4 Å². The molecule has 7 heteroatoms. The minimum atomic E-state index is -0.00700. The second-order valence-electron chi connectivity index (χ2n) is 7.37. The predicted molar refractivity (Wildman–Crippen MR) is 128 cm³/mol. The van der Waals surface area contributed by atoms with Gasteiger partial charge >= 0.3 is 0 Å². The molecule has 1 unspecified atom stereocenters. The van der Waals surface area contributed by atoms with Crippen LogP contribution in [0.3, 0.4) is 0 Å². The SMILES string of the molecule is CCNC(=NCc1ccc2cc(OC)ccc2c1)NCC1(CCO)CCOC1.I. The lowest BCUT2D eigenvalue weighted by molar-refractivity contribution is 0.127. The number of halogens is 1. The summed E-state index contributed by atoms with van der Waals surface area (Å²) in [4.78, 5) is 4.74. The van der Waals surface area contributed by atoms with Crippen molar-refractivity contribution >= 4 is 40.7 Å². The number of aliphatic hydroxyl groups is 1. The minimum Gasteiger partial charge on any atom is -0.497 e. The van der Waals surface area contributed by atoms with Crippen LogP contribution in [0.5, 0.6) is 5.75 Å². The molecule has 3 N–H and O–H groups in total. The zero-order valence-electron chi connectivity index (χ0n) is 17.2. The fraction of sp³-hybridized carbons (Fsp3) is 0.500. The van der Waals surface area contributed by atoms with E-state index in [-0.39, 0.29) is 36.0 Å². The van der Waals surface area contributed by atoms with Crippen LogP contribution in [0.4, 0.5) is 0 Å². The molecule has 0 radical (unpaired) electrons. The van der Waals surface area contributed by atoms with Gasteiger partial charge in [-0.15, -0.1) is 24.0 Å². The highest BCUT2D eigenvalue weighted by Crippen LogP contribution is 2.31. The van der Waals surface area contributed by atoms with Crippen molar-refractivity contribution in [1.29, 1.82) is 0 Å². The molecule has 1 fully saturated rings. The van der Waals surface area contributed by atoms with Crippen LogP contribution in [0, 0.1) is 5.41 Å². The molecule has 0 saturated carbocycles. The quantitative estimate of drug-likeness (QED) is 0.287.